The first-order valence-corrected chi connectivity index (χ1v) is 5.08. The molecule has 1 rings (SSSR count). The zero-order chi connectivity index (χ0) is 10.7. The number of nitrogens with zero attached hydrogens (tertiary/aromatic N) is 1. The van der Waals surface area contributed by atoms with E-state index >= 15 is 0 Å². The summed E-state index contributed by atoms with van der Waals surface area (Å²) in [6, 6.07) is 1.18. The van der Waals surface area contributed by atoms with Crippen LogP contribution < -0.4 is 0 Å². The number of alkyl halides is 3. The van der Waals surface area contributed by atoms with E-state index in [2.05, 4.69) is 20.9 Å². The van der Waals surface area contributed by atoms with Crippen molar-refractivity contribution in [3.63, 3.8) is 0 Å². The number of pyridine rings is 1. The zero-order valence-corrected chi connectivity index (χ0v) is 9.15. The van der Waals surface area contributed by atoms with Gasteiger partial charge in [0.2, 0.25) is 0 Å². The van der Waals surface area contributed by atoms with Crippen LogP contribution in [-0.4, -0.2) is 11.3 Å². The first-order chi connectivity index (χ1) is 6.60. The molecule has 0 aliphatic carbocycles. The van der Waals surface area contributed by atoms with Gasteiger partial charge >= 0.3 is 0 Å². The molecule has 0 aromatic carbocycles. The molecule has 0 saturated heterocycles. The van der Waals surface area contributed by atoms with E-state index in [9.17, 15) is 13.6 Å². The molecular formula is C8H5BrClF2NO. The molecule has 0 aliphatic rings. The minimum absolute atomic E-state index is 0.112. The van der Waals surface area contributed by atoms with Gasteiger partial charge in [-0.2, -0.15) is 0 Å². The van der Waals surface area contributed by atoms with E-state index in [0.29, 0.717) is 17.2 Å². The van der Waals surface area contributed by atoms with Crippen LogP contribution in [0.2, 0.25) is 5.02 Å². The number of rotatable bonds is 3. The van der Waals surface area contributed by atoms with E-state index in [1.54, 1.807) is 0 Å². The van der Waals surface area contributed by atoms with Gasteiger partial charge in [-0.25, -0.2) is 13.8 Å². The summed E-state index contributed by atoms with van der Waals surface area (Å²) < 4.78 is 24.6. The molecule has 0 saturated carbocycles. The molecule has 2 nitrogen and oxygen atoms in total. The van der Waals surface area contributed by atoms with Crippen molar-refractivity contribution in [2.24, 2.45) is 0 Å². The van der Waals surface area contributed by atoms with Gasteiger partial charge in [-0.1, -0.05) is 27.5 Å². The van der Waals surface area contributed by atoms with Crippen molar-refractivity contribution in [2.45, 2.75) is 11.8 Å². The quantitative estimate of drug-likeness (QED) is 0.629. The number of hydrogen-bond donors (Lipinski definition) is 0. The Morgan fingerprint density at radius 3 is 2.71 bits per heavy atom. The molecule has 0 N–H and O–H groups in total. The van der Waals surface area contributed by atoms with Crippen LogP contribution in [0.25, 0.3) is 0 Å². The standard InChI is InChI=1S/C8H5BrClF2NO/c9-2-4-1-5(8(11)12)13-6(3-14)7(4)10/h1,3,8H,2H2. The van der Waals surface area contributed by atoms with Crippen LogP contribution in [0.15, 0.2) is 6.07 Å². The minimum atomic E-state index is -2.70. The van der Waals surface area contributed by atoms with Crippen molar-refractivity contribution < 1.29 is 13.6 Å². The molecule has 1 aromatic rings. The van der Waals surface area contributed by atoms with E-state index < -0.39 is 12.1 Å². The molecule has 0 aliphatic heterocycles. The largest absolute Gasteiger partial charge is 0.296 e. The zero-order valence-electron chi connectivity index (χ0n) is 6.81. The summed E-state index contributed by atoms with van der Waals surface area (Å²) in [6.45, 7) is 0. The van der Waals surface area contributed by atoms with Crippen molar-refractivity contribution in [3.05, 3.63) is 28.0 Å². The summed E-state index contributed by atoms with van der Waals surface area (Å²) in [5.74, 6) is 0. The van der Waals surface area contributed by atoms with Gasteiger partial charge < -0.3 is 0 Å². The maximum absolute atomic E-state index is 12.3. The molecule has 1 heterocycles. The number of aromatic nitrogens is 1. The fourth-order valence-electron chi connectivity index (χ4n) is 0.914. The molecule has 76 valence electrons. The molecule has 14 heavy (non-hydrogen) atoms. The number of aldehydes is 1. The summed E-state index contributed by atoms with van der Waals surface area (Å²) in [5.41, 5.74) is -0.163. The van der Waals surface area contributed by atoms with E-state index in [1.807, 2.05) is 0 Å². The molecule has 0 spiro atoms. The number of carbonyl (C=O) groups excluding carboxylic acids is 1. The Kier molecular flexibility index (Phi) is 3.95. The maximum Gasteiger partial charge on any atom is 0.280 e. The highest BCUT2D eigenvalue weighted by Gasteiger charge is 2.15. The van der Waals surface area contributed by atoms with E-state index in [1.165, 1.54) is 6.07 Å². The number of halogens is 4. The highest BCUT2D eigenvalue weighted by atomic mass is 79.9. The van der Waals surface area contributed by atoms with Crippen molar-refractivity contribution in [1.82, 2.24) is 4.98 Å². The molecule has 0 atom stereocenters. The van der Waals surface area contributed by atoms with Crippen molar-refractivity contribution in [1.29, 1.82) is 0 Å². The maximum atomic E-state index is 12.3. The highest BCUT2D eigenvalue weighted by Crippen LogP contribution is 2.26. The topological polar surface area (TPSA) is 30.0 Å². The molecular weight excluding hydrogens is 279 g/mol. The monoisotopic (exact) mass is 283 g/mol. The number of carbonyl (C=O) groups is 1. The first-order valence-electron chi connectivity index (χ1n) is 3.58. The van der Waals surface area contributed by atoms with E-state index in [-0.39, 0.29) is 10.7 Å². The second kappa shape index (κ2) is 4.79. The normalized spacial score (nSPS) is 10.6. The van der Waals surface area contributed by atoms with Crippen LogP contribution in [0, 0.1) is 0 Å². The summed E-state index contributed by atoms with van der Waals surface area (Å²) in [5, 5.41) is 0.413. The van der Waals surface area contributed by atoms with Gasteiger partial charge in [-0.05, 0) is 11.6 Å². The van der Waals surface area contributed by atoms with Gasteiger partial charge in [-0.15, -0.1) is 0 Å². The van der Waals surface area contributed by atoms with Crippen molar-refractivity contribution >= 4 is 33.8 Å². The third-order valence-electron chi connectivity index (χ3n) is 1.56. The number of hydrogen-bond acceptors (Lipinski definition) is 2. The molecule has 0 amide bonds. The van der Waals surface area contributed by atoms with Crippen LogP contribution in [0.4, 0.5) is 8.78 Å². The van der Waals surface area contributed by atoms with Crippen LogP contribution in [-0.2, 0) is 5.33 Å². The molecule has 0 fully saturated rings. The highest BCUT2D eigenvalue weighted by molar-refractivity contribution is 9.08. The second-order valence-corrected chi connectivity index (χ2v) is 3.40. The third-order valence-corrected chi connectivity index (χ3v) is 2.60. The third kappa shape index (κ3) is 2.27. The lowest BCUT2D eigenvalue weighted by Gasteiger charge is -2.06. The summed E-state index contributed by atoms with van der Waals surface area (Å²) >= 11 is 8.80. The average molecular weight is 284 g/mol. The summed E-state index contributed by atoms with van der Waals surface area (Å²) in [7, 11) is 0. The Hall–Kier alpha value is -0.550. The lowest BCUT2D eigenvalue weighted by Crippen LogP contribution is -1.99. The predicted molar refractivity (Wildman–Crippen MR) is 52.2 cm³/mol. The van der Waals surface area contributed by atoms with Crippen LogP contribution >= 0.6 is 27.5 Å². The fourth-order valence-corrected chi connectivity index (χ4v) is 1.73. The smallest absolute Gasteiger partial charge is 0.280 e. The van der Waals surface area contributed by atoms with Gasteiger partial charge in [0.25, 0.3) is 6.43 Å². The molecule has 0 bridgehead atoms. The van der Waals surface area contributed by atoms with Gasteiger partial charge in [0.05, 0.1) is 5.02 Å². The van der Waals surface area contributed by atoms with Crippen molar-refractivity contribution in [2.75, 3.05) is 0 Å². The van der Waals surface area contributed by atoms with Gasteiger partial charge in [0.1, 0.15) is 11.4 Å². The Bertz CT molecular complexity index is 359. The Morgan fingerprint density at radius 1 is 1.64 bits per heavy atom. The summed E-state index contributed by atoms with van der Waals surface area (Å²) in [4.78, 5) is 13.9. The van der Waals surface area contributed by atoms with Crippen LogP contribution in [0.1, 0.15) is 28.2 Å². The Labute approximate surface area is 92.4 Å². The van der Waals surface area contributed by atoms with E-state index in [0.717, 1.165) is 0 Å². The lowest BCUT2D eigenvalue weighted by molar-refractivity contribution is 0.111. The average Bonchev–Trinajstić information content (AvgIpc) is 2.17. The van der Waals surface area contributed by atoms with Gasteiger partial charge in [-0.3, -0.25) is 4.79 Å². The Morgan fingerprint density at radius 2 is 2.29 bits per heavy atom. The predicted octanol–water partition coefficient (Wildman–Crippen LogP) is 3.38. The lowest BCUT2D eigenvalue weighted by atomic mass is 10.2. The van der Waals surface area contributed by atoms with Crippen molar-refractivity contribution in [3.8, 4) is 0 Å². The first kappa shape index (κ1) is 11.5. The van der Waals surface area contributed by atoms with Crippen LogP contribution in [0.3, 0.4) is 0 Å². The fraction of sp³-hybridized carbons (Fsp3) is 0.250. The molecule has 0 radical (unpaired) electrons. The SMILES string of the molecule is O=Cc1nc(C(F)F)cc(CBr)c1Cl. The molecule has 1 aromatic heterocycles. The van der Waals surface area contributed by atoms with Gasteiger partial charge in [0.15, 0.2) is 6.29 Å². The minimum Gasteiger partial charge on any atom is -0.296 e. The second-order valence-electron chi connectivity index (χ2n) is 2.46. The summed E-state index contributed by atoms with van der Waals surface area (Å²) in [6.07, 6.45) is -2.34. The molecule has 0 unspecified atom stereocenters. The van der Waals surface area contributed by atoms with Crippen LogP contribution in [0.5, 0.6) is 0 Å². The molecule has 6 heteroatoms. The Balaban J connectivity index is 3.31. The van der Waals surface area contributed by atoms with Gasteiger partial charge in [0, 0.05) is 5.33 Å². The van der Waals surface area contributed by atoms with E-state index in [4.69, 9.17) is 11.6 Å².